The first-order valence-corrected chi connectivity index (χ1v) is 8.81. The molecule has 0 radical (unpaired) electrons. The zero-order valence-electron chi connectivity index (χ0n) is 14.7. The van der Waals surface area contributed by atoms with Gasteiger partial charge < -0.3 is 14.3 Å². The summed E-state index contributed by atoms with van der Waals surface area (Å²) < 4.78 is 10.9. The quantitative estimate of drug-likeness (QED) is 0.725. The van der Waals surface area contributed by atoms with Crippen LogP contribution in [0.15, 0.2) is 51.7 Å². The van der Waals surface area contributed by atoms with E-state index in [1.54, 1.807) is 19.2 Å². The molecule has 5 heteroatoms. The summed E-state index contributed by atoms with van der Waals surface area (Å²) in [5.41, 5.74) is 1.95. The number of aromatic hydroxyl groups is 1. The van der Waals surface area contributed by atoms with Gasteiger partial charge in [0.1, 0.15) is 17.1 Å². The average molecular weight is 351 g/mol. The summed E-state index contributed by atoms with van der Waals surface area (Å²) >= 11 is 0. The number of hydrogen-bond donors (Lipinski definition) is 1. The zero-order chi connectivity index (χ0) is 18.1. The summed E-state index contributed by atoms with van der Waals surface area (Å²) in [6.45, 7) is 2.59. The minimum Gasteiger partial charge on any atom is -0.507 e. The van der Waals surface area contributed by atoms with Gasteiger partial charge in [0.15, 0.2) is 0 Å². The number of likely N-dealkylation sites (tertiary alicyclic amines) is 1. The highest BCUT2D eigenvalue weighted by atomic mass is 16.5. The van der Waals surface area contributed by atoms with Crippen molar-refractivity contribution in [2.75, 3.05) is 20.2 Å². The normalized spacial score (nSPS) is 14.8. The van der Waals surface area contributed by atoms with Crippen molar-refractivity contribution in [3.8, 4) is 22.6 Å². The fourth-order valence-electron chi connectivity index (χ4n) is 3.54. The molecule has 1 saturated heterocycles. The van der Waals surface area contributed by atoms with Gasteiger partial charge in [-0.15, -0.1) is 0 Å². The first-order chi connectivity index (χ1) is 12.7. The summed E-state index contributed by atoms with van der Waals surface area (Å²) in [4.78, 5) is 14.9. The Morgan fingerprint density at radius 1 is 1.15 bits per heavy atom. The fraction of sp³-hybridized carbons (Fsp3) is 0.286. The van der Waals surface area contributed by atoms with Crippen molar-refractivity contribution < 1.29 is 14.3 Å². The van der Waals surface area contributed by atoms with Crippen LogP contribution in [0.4, 0.5) is 0 Å². The Labute approximate surface area is 151 Å². The van der Waals surface area contributed by atoms with Gasteiger partial charge in [0.2, 0.25) is 0 Å². The lowest BCUT2D eigenvalue weighted by atomic mass is 10.0. The second kappa shape index (κ2) is 6.84. The molecular weight excluding hydrogens is 330 g/mol. The van der Waals surface area contributed by atoms with Gasteiger partial charge in [-0.2, -0.15) is 0 Å². The molecule has 1 N–H and O–H groups in total. The van der Waals surface area contributed by atoms with Crippen LogP contribution in [-0.2, 0) is 6.54 Å². The first kappa shape index (κ1) is 16.7. The molecule has 0 spiro atoms. The summed E-state index contributed by atoms with van der Waals surface area (Å²) in [6, 6.07) is 12.6. The molecule has 134 valence electrons. The molecule has 0 aliphatic carbocycles. The third-order valence-electron chi connectivity index (χ3n) is 4.94. The van der Waals surface area contributed by atoms with E-state index in [1.165, 1.54) is 0 Å². The molecule has 26 heavy (non-hydrogen) atoms. The Balaban J connectivity index is 1.82. The molecule has 0 amide bonds. The Bertz CT molecular complexity index is 1000. The largest absolute Gasteiger partial charge is 0.507 e. The predicted octanol–water partition coefficient (Wildman–Crippen LogP) is 3.77. The highest BCUT2D eigenvalue weighted by Gasteiger charge is 2.18. The maximum absolute atomic E-state index is 12.6. The second-order valence-corrected chi connectivity index (χ2v) is 6.64. The van der Waals surface area contributed by atoms with Gasteiger partial charge in [-0.05, 0) is 61.8 Å². The summed E-state index contributed by atoms with van der Waals surface area (Å²) in [6.07, 6.45) is 2.32. The van der Waals surface area contributed by atoms with Gasteiger partial charge in [-0.25, -0.2) is 4.79 Å². The topological polar surface area (TPSA) is 62.9 Å². The fourth-order valence-corrected chi connectivity index (χ4v) is 3.54. The molecule has 0 atom stereocenters. The van der Waals surface area contributed by atoms with Gasteiger partial charge in [-0.3, -0.25) is 4.90 Å². The number of phenols is 1. The number of nitrogens with zero attached hydrogens (tertiary/aromatic N) is 1. The SMILES string of the molecule is COc1cccc(-c2cc3ccc(O)c(CN4CCCC4)c3oc2=O)c1. The lowest BCUT2D eigenvalue weighted by molar-refractivity contribution is 0.323. The summed E-state index contributed by atoms with van der Waals surface area (Å²) in [5.74, 6) is 0.851. The highest BCUT2D eigenvalue weighted by Crippen LogP contribution is 2.31. The number of methoxy groups -OCH3 is 1. The predicted molar refractivity (Wildman–Crippen MR) is 101 cm³/mol. The monoisotopic (exact) mass is 351 g/mol. The minimum absolute atomic E-state index is 0.168. The smallest absolute Gasteiger partial charge is 0.344 e. The molecule has 1 fully saturated rings. The number of phenolic OH excluding ortho intramolecular Hbond substituents is 1. The molecular formula is C21H21NO4. The molecule has 0 bridgehead atoms. The molecule has 2 heterocycles. The van der Waals surface area contributed by atoms with E-state index in [-0.39, 0.29) is 5.75 Å². The van der Waals surface area contributed by atoms with E-state index < -0.39 is 5.63 Å². The van der Waals surface area contributed by atoms with E-state index in [9.17, 15) is 9.90 Å². The third kappa shape index (κ3) is 3.06. The van der Waals surface area contributed by atoms with Crippen molar-refractivity contribution in [1.29, 1.82) is 0 Å². The van der Waals surface area contributed by atoms with Crippen LogP contribution in [0, 0.1) is 0 Å². The molecule has 0 unspecified atom stereocenters. The number of fused-ring (bicyclic) bond motifs is 1. The molecule has 1 aliphatic heterocycles. The zero-order valence-corrected chi connectivity index (χ0v) is 14.7. The molecule has 1 aromatic heterocycles. The van der Waals surface area contributed by atoms with Crippen molar-refractivity contribution in [3.05, 3.63) is 58.4 Å². The number of rotatable bonds is 4. The molecule has 5 nitrogen and oxygen atoms in total. The Kier molecular flexibility index (Phi) is 4.39. The highest BCUT2D eigenvalue weighted by molar-refractivity contribution is 5.85. The second-order valence-electron chi connectivity index (χ2n) is 6.64. The Morgan fingerprint density at radius 3 is 2.73 bits per heavy atom. The minimum atomic E-state index is -0.418. The van der Waals surface area contributed by atoms with E-state index >= 15 is 0 Å². The van der Waals surface area contributed by atoms with Crippen LogP contribution in [0.5, 0.6) is 11.5 Å². The maximum Gasteiger partial charge on any atom is 0.344 e. The standard InChI is InChI=1S/C21H21NO4/c1-25-16-6-4-5-14(11-16)17-12-15-7-8-19(23)18(20(15)26-21(17)24)13-22-9-2-3-10-22/h4-8,11-12,23H,2-3,9-10,13H2,1H3. The van der Waals surface area contributed by atoms with E-state index in [2.05, 4.69) is 4.90 Å². The lowest BCUT2D eigenvalue weighted by Gasteiger charge is -2.16. The van der Waals surface area contributed by atoms with Crippen LogP contribution in [0.1, 0.15) is 18.4 Å². The number of ether oxygens (including phenoxy) is 1. The first-order valence-electron chi connectivity index (χ1n) is 8.81. The van der Waals surface area contributed by atoms with Gasteiger partial charge >= 0.3 is 5.63 Å². The van der Waals surface area contributed by atoms with Gasteiger partial charge in [-0.1, -0.05) is 12.1 Å². The van der Waals surface area contributed by atoms with E-state index in [1.807, 2.05) is 30.3 Å². The molecule has 0 saturated carbocycles. The van der Waals surface area contributed by atoms with E-state index in [4.69, 9.17) is 9.15 Å². The van der Waals surface area contributed by atoms with Crippen LogP contribution in [0.3, 0.4) is 0 Å². The van der Waals surface area contributed by atoms with Crippen LogP contribution < -0.4 is 10.4 Å². The molecule has 1 aliphatic rings. The average Bonchev–Trinajstić information content (AvgIpc) is 3.17. The Hall–Kier alpha value is -2.79. The van der Waals surface area contributed by atoms with Crippen LogP contribution in [0.25, 0.3) is 22.1 Å². The van der Waals surface area contributed by atoms with Crippen molar-refractivity contribution in [2.45, 2.75) is 19.4 Å². The lowest BCUT2D eigenvalue weighted by Crippen LogP contribution is -2.19. The van der Waals surface area contributed by atoms with Crippen molar-refractivity contribution in [3.63, 3.8) is 0 Å². The van der Waals surface area contributed by atoms with Crippen molar-refractivity contribution in [1.82, 2.24) is 4.90 Å². The molecule has 2 aromatic carbocycles. The maximum atomic E-state index is 12.6. The number of benzene rings is 2. The molecule has 3 aromatic rings. The number of hydrogen-bond acceptors (Lipinski definition) is 5. The summed E-state index contributed by atoms with van der Waals surface area (Å²) in [5, 5.41) is 11.1. The Morgan fingerprint density at radius 2 is 1.96 bits per heavy atom. The van der Waals surface area contributed by atoms with Crippen LogP contribution in [-0.4, -0.2) is 30.2 Å². The van der Waals surface area contributed by atoms with Crippen LogP contribution >= 0.6 is 0 Å². The van der Waals surface area contributed by atoms with Gasteiger partial charge in [0.25, 0.3) is 0 Å². The van der Waals surface area contributed by atoms with Crippen molar-refractivity contribution >= 4 is 11.0 Å². The third-order valence-corrected chi connectivity index (χ3v) is 4.94. The van der Waals surface area contributed by atoms with E-state index in [0.29, 0.717) is 29.0 Å². The van der Waals surface area contributed by atoms with Crippen molar-refractivity contribution in [2.24, 2.45) is 0 Å². The van der Waals surface area contributed by atoms with Gasteiger partial charge in [0, 0.05) is 11.9 Å². The summed E-state index contributed by atoms with van der Waals surface area (Å²) in [7, 11) is 1.59. The molecule has 4 rings (SSSR count). The van der Waals surface area contributed by atoms with E-state index in [0.717, 1.165) is 36.9 Å². The van der Waals surface area contributed by atoms with Crippen LogP contribution in [0.2, 0.25) is 0 Å². The van der Waals surface area contributed by atoms with Gasteiger partial charge in [0.05, 0.1) is 18.2 Å².